The van der Waals surface area contributed by atoms with Crippen LogP contribution in [0.25, 0.3) is 0 Å². The van der Waals surface area contributed by atoms with E-state index in [1.807, 2.05) is 18.2 Å². The minimum Gasteiger partial charge on any atom is -0.493 e. The molecule has 30 heavy (non-hydrogen) atoms. The molecule has 0 saturated carbocycles. The number of benzene rings is 1. The third kappa shape index (κ3) is 3.02. The molecule has 4 atom stereocenters. The Morgan fingerprint density at radius 3 is 2.63 bits per heavy atom. The van der Waals surface area contributed by atoms with Gasteiger partial charge in [-0.05, 0) is 61.5 Å². The van der Waals surface area contributed by atoms with Crippen molar-refractivity contribution in [3.63, 3.8) is 0 Å². The molecule has 158 valence electrons. The molecule has 1 spiro atoms. The fourth-order valence-electron chi connectivity index (χ4n) is 5.24. The minimum absolute atomic E-state index is 0.0714. The highest BCUT2D eigenvalue weighted by Crippen LogP contribution is 2.52. The molecular weight excluding hydrogens is 380 g/mol. The van der Waals surface area contributed by atoms with Gasteiger partial charge in [0.2, 0.25) is 0 Å². The predicted molar refractivity (Wildman–Crippen MR) is 113 cm³/mol. The van der Waals surface area contributed by atoms with Crippen molar-refractivity contribution in [2.45, 2.75) is 36.2 Å². The van der Waals surface area contributed by atoms with Crippen molar-refractivity contribution >= 4 is 0 Å². The van der Waals surface area contributed by atoms with Crippen LogP contribution in [0.3, 0.4) is 0 Å². The Morgan fingerprint density at radius 2 is 1.87 bits per heavy atom. The zero-order chi connectivity index (χ0) is 20.8. The lowest BCUT2D eigenvalue weighted by Gasteiger charge is -2.43. The number of fused-ring (bicyclic) bond motifs is 1. The van der Waals surface area contributed by atoms with Crippen molar-refractivity contribution in [3.05, 3.63) is 66.0 Å². The third-order valence-electron chi connectivity index (χ3n) is 6.94. The van der Waals surface area contributed by atoms with E-state index in [2.05, 4.69) is 41.2 Å². The van der Waals surface area contributed by atoms with Crippen LogP contribution >= 0.6 is 0 Å². The van der Waals surface area contributed by atoms with E-state index < -0.39 is 5.79 Å². The average molecular weight is 408 g/mol. The summed E-state index contributed by atoms with van der Waals surface area (Å²) in [4.78, 5) is 6.53. The van der Waals surface area contributed by atoms with E-state index in [9.17, 15) is 0 Å². The topological polar surface area (TPSA) is 53.1 Å². The second kappa shape index (κ2) is 7.38. The molecule has 4 unspecified atom stereocenters. The predicted octanol–water partition coefficient (Wildman–Crippen LogP) is 3.49. The number of ether oxygens (including phenoxy) is 4. The number of nitrogens with zero attached hydrogens (tertiary/aromatic N) is 2. The van der Waals surface area contributed by atoms with E-state index in [0.717, 1.165) is 36.4 Å². The van der Waals surface area contributed by atoms with Gasteiger partial charge in [-0.1, -0.05) is 12.1 Å². The van der Waals surface area contributed by atoms with Crippen LogP contribution in [0.5, 0.6) is 11.5 Å². The first-order valence-electron chi connectivity index (χ1n) is 10.4. The van der Waals surface area contributed by atoms with Gasteiger partial charge < -0.3 is 23.8 Å². The van der Waals surface area contributed by atoms with Gasteiger partial charge in [-0.15, -0.1) is 0 Å². The Kier molecular flexibility index (Phi) is 4.81. The van der Waals surface area contributed by atoms with E-state index in [-0.39, 0.29) is 17.6 Å². The molecule has 6 nitrogen and oxygen atoms in total. The molecule has 0 radical (unpaired) electrons. The van der Waals surface area contributed by atoms with Crippen LogP contribution in [-0.4, -0.2) is 56.1 Å². The van der Waals surface area contributed by atoms with Gasteiger partial charge in [0.05, 0.1) is 20.8 Å². The maximum Gasteiger partial charge on any atom is 0.190 e. The highest BCUT2D eigenvalue weighted by atomic mass is 16.7. The Hall–Kier alpha value is -2.41. The van der Waals surface area contributed by atoms with Crippen molar-refractivity contribution in [3.8, 4) is 11.5 Å². The number of likely N-dealkylation sites (tertiary alicyclic amines) is 1. The number of aromatic nitrogens is 1. The van der Waals surface area contributed by atoms with Gasteiger partial charge in [-0.3, -0.25) is 4.98 Å². The smallest absolute Gasteiger partial charge is 0.190 e. The molecule has 1 aromatic carbocycles. The first kappa shape index (κ1) is 19.5. The molecule has 3 aliphatic rings. The number of hydrogen-bond acceptors (Lipinski definition) is 6. The van der Waals surface area contributed by atoms with E-state index >= 15 is 0 Å². The van der Waals surface area contributed by atoms with Crippen molar-refractivity contribution in [1.29, 1.82) is 0 Å². The van der Waals surface area contributed by atoms with Gasteiger partial charge >= 0.3 is 0 Å². The molecule has 3 heterocycles. The Labute approximate surface area is 177 Å². The van der Waals surface area contributed by atoms with Crippen LogP contribution in [0.15, 0.2) is 54.9 Å². The summed E-state index contributed by atoms with van der Waals surface area (Å²) in [5, 5.41) is 0. The summed E-state index contributed by atoms with van der Waals surface area (Å²) in [5.41, 5.74) is 2.25. The second-order valence-corrected chi connectivity index (χ2v) is 8.40. The molecule has 2 fully saturated rings. The summed E-state index contributed by atoms with van der Waals surface area (Å²) in [7, 11) is 5.54. The molecule has 1 aromatic heterocycles. The molecule has 1 aliphatic carbocycles. The van der Waals surface area contributed by atoms with Gasteiger partial charge in [-0.25, -0.2) is 0 Å². The lowest BCUT2D eigenvalue weighted by molar-refractivity contribution is -0.150. The summed E-state index contributed by atoms with van der Waals surface area (Å²) in [6.45, 7) is 1.57. The maximum atomic E-state index is 6.49. The van der Waals surface area contributed by atoms with Crippen LogP contribution in [0.4, 0.5) is 0 Å². The summed E-state index contributed by atoms with van der Waals surface area (Å²) >= 11 is 0. The summed E-state index contributed by atoms with van der Waals surface area (Å²) in [5.74, 6) is 0.828. The molecule has 6 heteroatoms. The molecule has 2 aliphatic heterocycles. The summed E-state index contributed by atoms with van der Waals surface area (Å²) in [6, 6.07) is 10.5. The number of hydrogen-bond donors (Lipinski definition) is 0. The van der Waals surface area contributed by atoms with Gasteiger partial charge in [0.1, 0.15) is 6.10 Å². The van der Waals surface area contributed by atoms with Crippen LogP contribution in [-0.2, 0) is 14.9 Å². The SMILES string of the molecule is COc1ccc(C23C=CC4(CC2N(C)CC3)OCC(c2ccncc2)O4)cc1OC. The van der Waals surface area contributed by atoms with Crippen molar-refractivity contribution in [2.75, 3.05) is 34.4 Å². The van der Waals surface area contributed by atoms with Crippen LogP contribution < -0.4 is 9.47 Å². The molecule has 2 aromatic rings. The van der Waals surface area contributed by atoms with Crippen molar-refractivity contribution < 1.29 is 18.9 Å². The van der Waals surface area contributed by atoms with Gasteiger partial charge in [0.25, 0.3) is 0 Å². The quantitative estimate of drug-likeness (QED) is 0.722. The Balaban J connectivity index is 1.48. The molecule has 0 amide bonds. The first-order chi connectivity index (χ1) is 14.6. The number of pyridine rings is 1. The Bertz CT molecular complexity index is 949. The van der Waals surface area contributed by atoms with E-state index in [0.29, 0.717) is 6.61 Å². The fourth-order valence-corrected chi connectivity index (χ4v) is 5.24. The largest absolute Gasteiger partial charge is 0.493 e. The van der Waals surface area contributed by atoms with Gasteiger partial charge in [0.15, 0.2) is 17.3 Å². The molecule has 5 rings (SSSR count). The van der Waals surface area contributed by atoms with Gasteiger partial charge in [0, 0.05) is 30.3 Å². The zero-order valence-corrected chi connectivity index (χ0v) is 17.7. The van der Waals surface area contributed by atoms with E-state index in [4.69, 9.17) is 18.9 Å². The lowest BCUT2D eigenvalue weighted by Crippen LogP contribution is -2.49. The zero-order valence-electron chi connectivity index (χ0n) is 17.7. The number of likely N-dealkylation sites (N-methyl/N-ethyl adjacent to an activating group) is 1. The van der Waals surface area contributed by atoms with E-state index in [1.54, 1.807) is 26.6 Å². The van der Waals surface area contributed by atoms with Crippen LogP contribution in [0.2, 0.25) is 0 Å². The molecular formula is C24H28N2O4. The standard InChI is InChI=1S/C24H28N2O4/c1-26-13-10-23(18-4-5-19(27-2)20(14-18)28-3)8-9-24(15-22(23)26)29-16-21(30-24)17-6-11-25-12-7-17/h4-9,11-12,14,21-22H,10,13,15-16H2,1-3H3. The molecule has 0 N–H and O–H groups in total. The third-order valence-corrected chi connectivity index (χ3v) is 6.94. The normalized spacial score (nSPS) is 33.0. The summed E-state index contributed by atoms with van der Waals surface area (Å²) < 4.78 is 23.8. The van der Waals surface area contributed by atoms with Crippen molar-refractivity contribution in [2.24, 2.45) is 0 Å². The minimum atomic E-state index is -0.683. The monoisotopic (exact) mass is 408 g/mol. The number of methoxy groups -OCH3 is 2. The average Bonchev–Trinajstić information content (AvgIpc) is 3.36. The first-order valence-corrected chi connectivity index (χ1v) is 10.4. The summed E-state index contributed by atoms with van der Waals surface area (Å²) in [6.07, 6.45) is 9.81. The van der Waals surface area contributed by atoms with Gasteiger partial charge in [-0.2, -0.15) is 0 Å². The van der Waals surface area contributed by atoms with Crippen LogP contribution in [0.1, 0.15) is 30.1 Å². The highest BCUT2D eigenvalue weighted by molar-refractivity contribution is 5.49. The molecule has 2 saturated heterocycles. The van der Waals surface area contributed by atoms with Crippen molar-refractivity contribution in [1.82, 2.24) is 9.88 Å². The second-order valence-electron chi connectivity index (χ2n) is 8.40. The fraction of sp³-hybridized carbons (Fsp3) is 0.458. The molecule has 0 bridgehead atoms. The van der Waals surface area contributed by atoms with Crippen LogP contribution in [0, 0.1) is 0 Å². The number of rotatable bonds is 4. The Morgan fingerprint density at radius 1 is 1.07 bits per heavy atom. The maximum absolute atomic E-state index is 6.49. The lowest BCUT2D eigenvalue weighted by atomic mass is 9.68. The highest BCUT2D eigenvalue weighted by Gasteiger charge is 2.55. The van der Waals surface area contributed by atoms with E-state index in [1.165, 1.54) is 5.56 Å².